The van der Waals surface area contributed by atoms with Crippen LogP contribution in [0.4, 0.5) is 13.2 Å². The molecule has 1 aromatic carbocycles. The van der Waals surface area contributed by atoms with E-state index < -0.39 is 18.2 Å². The smallest absolute Gasteiger partial charge is 0.471 e. The van der Waals surface area contributed by atoms with Gasteiger partial charge in [0, 0.05) is 19.6 Å². The fourth-order valence-corrected chi connectivity index (χ4v) is 2.69. The van der Waals surface area contributed by atoms with Crippen LogP contribution >= 0.6 is 0 Å². The van der Waals surface area contributed by atoms with Gasteiger partial charge in [0.25, 0.3) is 5.91 Å². The Morgan fingerprint density at radius 3 is 2.38 bits per heavy atom. The predicted molar refractivity (Wildman–Crippen MR) is 86.6 cm³/mol. The van der Waals surface area contributed by atoms with Crippen LogP contribution in [0.1, 0.15) is 19.8 Å². The van der Waals surface area contributed by atoms with Crippen molar-refractivity contribution < 1.29 is 32.6 Å². The number of alkyl halides is 3. The number of carbonyl (C=O) groups is 2. The van der Waals surface area contributed by atoms with E-state index >= 15 is 0 Å². The molecule has 26 heavy (non-hydrogen) atoms. The molecule has 2 N–H and O–H groups in total. The molecule has 1 saturated heterocycles. The molecule has 1 fully saturated rings. The number of aromatic hydroxyl groups is 1. The molecule has 0 radical (unpaired) electrons. The Bertz CT molecular complexity index is 626. The zero-order chi connectivity index (χ0) is 19.3. The minimum absolute atomic E-state index is 0.0112. The molecule has 1 unspecified atom stereocenters. The van der Waals surface area contributed by atoms with Gasteiger partial charge in [-0.15, -0.1) is 0 Å². The standard InChI is InChI=1S/C17H21F3N2O4/c1-11(26-14-4-2-13(23)3-5-14)15(24)21-10-12-6-8-22(9-7-12)16(25)17(18,19)20/h2-5,11-12,23H,6-10H2,1H3,(H,21,24). The summed E-state index contributed by atoms with van der Waals surface area (Å²) < 4.78 is 42.7. The lowest BCUT2D eigenvalue weighted by Crippen LogP contribution is -2.47. The number of rotatable bonds is 5. The molecular weight excluding hydrogens is 353 g/mol. The van der Waals surface area contributed by atoms with Crippen LogP contribution in [0.25, 0.3) is 0 Å². The molecule has 0 bridgehead atoms. The topological polar surface area (TPSA) is 78.9 Å². The Hall–Kier alpha value is -2.45. The van der Waals surface area contributed by atoms with Crippen molar-refractivity contribution in [3.05, 3.63) is 24.3 Å². The van der Waals surface area contributed by atoms with Gasteiger partial charge in [-0.25, -0.2) is 0 Å². The second kappa shape index (κ2) is 8.29. The maximum atomic E-state index is 12.4. The third kappa shape index (κ3) is 5.53. The first-order valence-corrected chi connectivity index (χ1v) is 8.26. The van der Waals surface area contributed by atoms with Crippen molar-refractivity contribution in [2.75, 3.05) is 19.6 Å². The largest absolute Gasteiger partial charge is 0.508 e. The van der Waals surface area contributed by atoms with Crippen molar-refractivity contribution in [3.63, 3.8) is 0 Å². The van der Waals surface area contributed by atoms with Crippen molar-refractivity contribution in [2.24, 2.45) is 5.92 Å². The van der Waals surface area contributed by atoms with E-state index in [0.717, 1.165) is 4.90 Å². The van der Waals surface area contributed by atoms with E-state index in [-0.39, 0.29) is 30.7 Å². The summed E-state index contributed by atoms with van der Waals surface area (Å²) in [7, 11) is 0. The van der Waals surface area contributed by atoms with Crippen molar-refractivity contribution in [1.29, 1.82) is 0 Å². The summed E-state index contributed by atoms with van der Waals surface area (Å²) in [5, 5.41) is 11.9. The van der Waals surface area contributed by atoms with Gasteiger partial charge >= 0.3 is 12.1 Å². The maximum Gasteiger partial charge on any atom is 0.471 e. The van der Waals surface area contributed by atoms with Crippen LogP contribution in [0.15, 0.2) is 24.3 Å². The average molecular weight is 374 g/mol. The summed E-state index contributed by atoms with van der Waals surface area (Å²) in [5.74, 6) is -1.62. The van der Waals surface area contributed by atoms with Crippen LogP contribution < -0.4 is 10.1 Å². The second-order valence-corrected chi connectivity index (χ2v) is 6.23. The van der Waals surface area contributed by atoms with Crippen molar-refractivity contribution >= 4 is 11.8 Å². The molecule has 1 aliphatic heterocycles. The highest BCUT2D eigenvalue weighted by Gasteiger charge is 2.43. The average Bonchev–Trinajstić information content (AvgIpc) is 2.60. The molecular formula is C17H21F3N2O4. The van der Waals surface area contributed by atoms with Crippen LogP contribution in [0.3, 0.4) is 0 Å². The van der Waals surface area contributed by atoms with E-state index in [9.17, 15) is 27.9 Å². The highest BCUT2D eigenvalue weighted by molar-refractivity contribution is 5.82. The molecule has 144 valence electrons. The number of benzene rings is 1. The van der Waals surface area contributed by atoms with Gasteiger partial charge in [-0.1, -0.05) is 0 Å². The number of phenols is 1. The van der Waals surface area contributed by atoms with E-state index in [0.29, 0.717) is 25.1 Å². The SMILES string of the molecule is CC(Oc1ccc(O)cc1)C(=O)NCC1CCN(C(=O)C(F)(F)F)CC1. The van der Waals surface area contributed by atoms with Crippen LogP contribution in [-0.2, 0) is 9.59 Å². The van der Waals surface area contributed by atoms with E-state index in [2.05, 4.69) is 5.32 Å². The maximum absolute atomic E-state index is 12.4. The van der Waals surface area contributed by atoms with E-state index in [4.69, 9.17) is 4.74 Å². The number of carbonyl (C=O) groups excluding carboxylic acids is 2. The van der Waals surface area contributed by atoms with Gasteiger partial charge < -0.3 is 20.1 Å². The number of amides is 2. The fraction of sp³-hybridized carbons (Fsp3) is 0.529. The number of halogens is 3. The van der Waals surface area contributed by atoms with Gasteiger partial charge in [-0.2, -0.15) is 13.2 Å². The zero-order valence-electron chi connectivity index (χ0n) is 14.3. The molecule has 2 rings (SSSR count). The van der Waals surface area contributed by atoms with Crippen molar-refractivity contribution in [3.8, 4) is 11.5 Å². The molecule has 1 aliphatic rings. The van der Waals surface area contributed by atoms with Gasteiger partial charge in [0.15, 0.2) is 6.10 Å². The summed E-state index contributed by atoms with van der Waals surface area (Å²) in [6.07, 6.45) is -4.81. The van der Waals surface area contributed by atoms with Crippen LogP contribution in [0, 0.1) is 5.92 Å². The minimum atomic E-state index is -4.85. The summed E-state index contributed by atoms with van der Waals surface area (Å²) >= 11 is 0. The van der Waals surface area contributed by atoms with Crippen LogP contribution in [-0.4, -0.2) is 53.7 Å². The van der Waals surface area contributed by atoms with Gasteiger partial charge in [0.05, 0.1) is 0 Å². The first-order valence-electron chi connectivity index (χ1n) is 8.26. The molecule has 1 atom stereocenters. The molecule has 2 amide bonds. The van der Waals surface area contributed by atoms with Crippen molar-refractivity contribution in [2.45, 2.75) is 32.0 Å². The third-order valence-corrected chi connectivity index (χ3v) is 4.23. The molecule has 6 nitrogen and oxygen atoms in total. The number of nitrogens with one attached hydrogen (secondary N) is 1. The Kier molecular flexibility index (Phi) is 6.33. The lowest BCUT2D eigenvalue weighted by Gasteiger charge is -2.32. The Balaban J connectivity index is 1.73. The highest BCUT2D eigenvalue weighted by atomic mass is 19.4. The molecule has 1 heterocycles. The van der Waals surface area contributed by atoms with Gasteiger partial charge in [0.2, 0.25) is 0 Å². The van der Waals surface area contributed by atoms with E-state index in [1.54, 1.807) is 6.92 Å². The quantitative estimate of drug-likeness (QED) is 0.827. The molecule has 0 saturated carbocycles. The van der Waals surface area contributed by atoms with Crippen LogP contribution in [0.2, 0.25) is 0 Å². The Morgan fingerprint density at radius 1 is 1.27 bits per heavy atom. The molecule has 9 heteroatoms. The minimum Gasteiger partial charge on any atom is -0.508 e. The van der Waals surface area contributed by atoms with Gasteiger partial charge in [-0.05, 0) is 49.9 Å². The first kappa shape index (κ1) is 19.9. The number of hydrogen-bond donors (Lipinski definition) is 2. The third-order valence-electron chi connectivity index (χ3n) is 4.23. The summed E-state index contributed by atoms with van der Waals surface area (Å²) in [5.41, 5.74) is 0. The van der Waals surface area contributed by atoms with Crippen LogP contribution in [0.5, 0.6) is 11.5 Å². The normalized spacial score (nSPS) is 16.8. The Labute approximate surface area is 148 Å². The molecule has 0 aliphatic carbocycles. The summed E-state index contributed by atoms with van der Waals surface area (Å²) in [6, 6.07) is 5.95. The molecule has 1 aromatic rings. The fourth-order valence-electron chi connectivity index (χ4n) is 2.69. The zero-order valence-corrected chi connectivity index (χ0v) is 14.3. The predicted octanol–water partition coefficient (Wildman–Crippen LogP) is 2.08. The lowest BCUT2D eigenvalue weighted by atomic mass is 9.96. The van der Waals surface area contributed by atoms with E-state index in [1.165, 1.54) is 24.3 Å². The monoisotopic (exact) mass is 374 g/mol. The van der Waals surface area contributed by atoms with Gasteiger partial charge in [0.1, 0.15) is 11.5 Å². The number of hydrogen-bond acceptors (Lipinski definition) is 4. The van der Waals surface area contributed by atoms with Crippen molar-refractivity contribution in [1.82, 2.24) is 10.2 Å². The summed E-state index contributed by atoms with van der Waals surface area (Å²) in [4.78, 5) is 24.0. The van der Waals surface area contributed by atoms with E-state index in [1.807, 2.05) is 0 Å². The first-order chi connectivity index (χ1) is 12.2. The molecule has 0 aromatic heterocycles. The number of ether oxygens (including phenoxy) is 1. The van der Waals surface area contributed by atoms with Gasteiger partial charge in [-0.3, -0.25) is 9.59 Å². The number of nitrogens with zero attached hydrogens (tertiary/aromatic N) is 1. The number of likely N-dealkylation sites (tertiary alicyclic amines) is 1. The highest BCUT2D eigenvalue weighted by Crippen LogP contribution is 2.23. The lowest BCUT2D eigenvalue weighted by molar-refractivity contribution is -0.186. The second-order valence-electron chi connectivity index (χ2n) is 6.23. The molecule has 0 spiro atoms. The Morgan fingerprint density at radius 2 is 1.85 bits per heavy atom. The number of piperidine rings is 1. The summed E-state index contributed by atoms with van der Waals surface area (Å²) in [6.45, 7) is 1.94. The number of phenolic OH excluding ortho intramolecular Hbond substituents is 1.